The van der Waals surface area contributed by atoms with Crippen LogP contribution in [0.25, 0.3) is 0 Å². The molecule has 1 unspecified atom stereocenters. The van der Waals surface area contributed by atoms with Crippen LogP contribution in [0, 0.1) is 0 Å². The SMILES string of the molecule is NC1CCCc2c1ccn2CCS(N)(=O)=O. The molecule has 1 heterocycles. The van der Waals surface area contributed by atoms with Crippen LogP contribution >= 0.6 is 0 Å². The van der Waals surface area contributed by atoms with Crippen molar-refractivity contribution < 1.29 is 8.42 Å². The zero-order chi connectivity index (χ0) is 11.8. The standard InChI is InChI=1S/C10H17N3O2S/c11-9-2-1-3-10-8(9)4-5-13(10)6-7-16(12,14)15/h4-5,9H,1-3,6-7,11H2,(H2,12,14,15). The maximum Gasteiger partial charge on any atom is 0.210 e. The third-order valence-electron chi connectivity index (χ3n) is 3.06. The Hall–Kier alpha value is -0.850. The summed E-state index contributed by atoms with van der Waals surface area (Å²) >= 11 is 0. The van der Waals surface area contributed by atoms with Crippen molar-refractivity contribution in [2.75, 3.05) is 5.75 Å². The van der Waals surface area contributed by atoms with Crippen LogP contribution in [0.15, 0.2) is 12.3 Å². The van der Waals surface area contributed by atoms with Crippen LogP contribution in [0.2, 0.25) is 0 Å². The van der Waals surface area contributed by atoms with E-state index in [9.17, 15) is 8.42 Å². The van der Waals surface area contributed by atoms with E-state index < -0.39 is 10.0 Å². The minimum atomic E-state index is -3.39. The largest absolute Gasteiger partial charge is 0.350 e. The highest BCUT2D eigenvalue weighted by atomic mass is 32.2. The number of nitrogens with zero attached hydrogens (tertiary/aromatic N) is 1. The summed E-state index contributed by atoms with van der Waals surface area (Å²) in [4.78, 5) is 0. The Kier molecular flexibility index (Phi) is 3.05. The van der Waals surface area contributed by atoms with Crippen molar-refractivity contribution in [1.29, 1.82) is 0 Å². The topological polar surface area (TPSA) is 91.1 Å². The summed E-state index contributed by atoms with van der Waals surface area (Å²) < 4.78 is 23.8. The molecule has 0 saturated heterocycles. The van der Waals surface area contributed by atoms with Gasteiger partial charge in [0.25, 0.3) is 0 Å². The zero-order valence-corrected chi connectivity index (χ0v) is 9.91. The summed E-state index contributed by atoms with van der Waals surface area (Å²) in [7, 11) is -3.39. The van der Waals surface area contributed by atoms with Crippen LogP contribution in [-0.2, 0) is 23.0 Å². The Morgan fingerprint density at radius 1 is 1.50 bits per heavy atom. The molecule has 6 heteroatoms. The zero-order valence-electron chi connectivity index (χ0n) is 9.09. The first-order valence-corrected chi connectivity index (χ1v) is 7.13. The fraction of sp³-hybridized carbons (Fsp3) is 0.600. The fourth-order valence-electron chi connectivity index (χ4n) is 2.23. The van der Waals surface area contributed by atoms with E-state index in [-0.39, 0.29) is 11.8 Å². The summed E-state index contributed by atoms with van der Waals surface area (Å²) in [5, 5.41) is 4.99. The number of hydrogen-bond donors (Lipinski definition) is 2. The van der Waals surface area contributed by atoms with Gasteiger partial charge in [0.1, 0.15) is 0 Å². The molecule has 90 valence electrons. The quantitative estimate of drug-likeness (QED) is 0.789. The van der Waals surface area contributed by atoms with E-state index in [1.807, 2.05) is 16.8 Å². The van der Waals surface area contributed by atoms with Crippen molar-refractivity contribution >= 4 is 10.0 Å². The van der Waals surface area contributed by atoms with Gasteiger partial charge >= 0.3 is 0 Å². The molecule has 1 aliphatic rings. The van der Waals surface area contributed by atoms with Crippen molar-refractivity contribution in [2.45, 2.75) is 31.8 Å². The molecule has 0 bridgehead atoms. The number of rotatable bonds is 3. The minimum Gasteiger partial charge on any atom is -0.350 e. The van der Waals surface area contributed by atoms with Gasteiger partial charge in [-0.25, -0.2) is 13.6 Å². The monoisotopic (exact) mass is 243 g/mol. The van der Waals surface area contributed by atoms with E-state index in [1.54, 1.807) is 0 Å². The molecule has 2 rings (SSSR count). The molecule has 0 spiro atoms. The summed E-state index contributed by atoms with van der Waals surface area (Å²) in [5.74, 6) is -0.0244. The van der Waals surface area contributed by atoms with Gasteiger partial charge in [0.2, 0.25) is 10.0 Å². The van der Waals surface area contributed by atoms with Gasteiger partial charge < -0.3 is 10.3 Å². The van der Waals surface area contributed by atoms with Gasteiger partial charge in [0, 0.05) is 24.5 Å². The molecule has 4 N–H and O–H groups in total. The molecule has 0 aliphatic heterocycles. The summed E-state index contributed by atoms with van der Waals surface area (Å²) in [6.45, 7) is 0.418. The molecule has 1 atom stereocenters. The van der Waals surface area contributed by atoms with E-state index in [0.717, 1.165) is 24.8 Å². The third-order valence-corrected chi connectivity index (χ3v) is 3.81. The third kappa shape index (κ3) is 2.45. The van der Waals surface area contributed by atoms with Gasteiger partial charge in [-0.15, -0.1) is 0 Å². The minimum absolute atomic E-state index is 0.0244. The van der Waals surface area contributed by atoms with E-state index in [0.29, 0.717) is 6.54 Å². The molecule has 0 saturated carbocycles. The van der Waals surface area contributed by atoms with Crippen LogP contribution < -0.4 is 10.9 Å². The Morgan fingerprint density at radius 2 is 2.25 bits per heavy atom. The number of fused-ring (bicyclic) bond motifs is 1. The second kappa shape index (κ2) is 4.20. The van der Waals surface area contributed by atoms with Crippen LogP contribution in [0.1, 0.15) is 30.1 Å². The van der Waals surface area contributed by atoms with E-state index in [2.05, 4.69) is 0 Å². The predicted octanol–water partition coefficient (Wildman–Crippen LogP) is 0.113. The number of sulfonamides is 1. The van der Waals surface area contributed by atoms with Crippen molar-refractivity contribution in [3.8, 4) is 0 Å². The molecule has 1 aromatic rings. The Balaban J connectivity index is 2.17. The molecule has 0 fully saturated rings. The maximum atomic E-state index is 10.9. The highest BCUT2D eigenvalue weighted by Gasteiger charge is 2.20. The first-order valence-electron chi connectivity index (χ1n) is 5.41. The number of nitrogens with two attached hydrogens (primary N) is 2. The number of aryl methyl sites for hydroxylation is 1. The number of primary sulfonamides is 1. The van der Waals surface area contributed by atoms with Gasteiger partial charge in [0.15, 0.2) is 0 Å². The average molecular weight is 243 g/mol. The van der Waals surface area contributed by atoms with Gasteiger partial charge in [-0.3, -0.25) is 0 Å². The van der Waals surface area contributed by atoms with Crippen LogP contribution in [0.4, 0.5) is 0 Å². The molecule has 1 aliphatic carbocycles. The van der Waals surface area contributed by atoms with E-state index in [4.69, 9.17) is 10.9 Å². The van der Waals surface area contributed by atoms with Crippen LogP contribution in [0.5, 0.6) is 0 Å². The Labute approximate surface area is 95.5 Å². The van der Waals surface area contributed by atoms with E-state index in [1.165, 1.54) is 5.69 Å². The molecule has 0 radical (unpaired) electrons. The molecule has 5 nitrogen and oxygen atoms in total. The molecule has 0 amide bonds. The summed E-state index contributed by atoms with van der Waals surface area (Å²) in [6.07, 6.45) is 4.95. The predicted molar refractivity (Wildman–Crippen MR) is 62.3 cm³/mol. The highest BCUT2D eigenvalue weighted by Crippen LogP contribution is 2.28. The van der Waals surface area contributed by atoms with Crippen LogP contribution in [-0.4, -0.2) is 18.7 Å². The van der Waals surface area contributed by atoms with Crippen molar-refractivity contribution in [3.05, 3.63) is 23.5 Å². The maximum absolute atomic E-state index is 10.9. The van der Waals surface area contributed by atoms with Gasteiger partial charge in [0.05, 0.1) is 5.75 Å². The number of hydrogen-bond acceptors (Lipinski definition) is 3. The van der Waals surface area contributed by atoms with Gasteiger partial charge in [-0.2, -0.15) is 0 Å². The van der Waals surface area contributed by atoms with Crippen molar-refractivity contribution in [2.24, 2.45) is 10.9 Å². The second-order valence-electron chi connectivity index (χ2n) is 4.28. The highest BCUT2D eigenvalue weighted by molar-refractivity contribution is 7.89. The van der Waals surface area contributed by atoms with Crippen molar-refractivity contribution in [1.82, 2.24) is 4.57 Å². The molecular weight excluding hydrogens is 226 g/mol. The molecule has 16 heavy (non-hydrogen) atoms. The second-order valence-corrected chi connectivity index (χ2v) is 6.01. The lowest BCUT2D eigenvalue weighted by Gasteiger charge is -2.20. The first-order chi connectivity index (χ1) is 7.47. The van der Waals surface area contributed by atoms with Crippen LogP contribution in [0.3, 0.4) is 0 Å². The molecule has 0 aromatic carbocycles. The molecule has 1 aromatic heterocycles. The Bertz CT molecular complexity index is 478. The van der Waals surface area contributed by atoms with E-state index >= 15 is 0 Å². The van der Waals surface area contributed by atoms with Crippen molar-refractivity contribution in [3.63, 3.8) is 0 Å². The van der Waals surface area contributed by atoms with Gasteiger partial charge in [-0.05, 0) is 30.9 Å². The van der Waals surface area contributed by atoms with Gasteiger partial charge in [-0.1, -0.05) is 0 Å². The molecular formula is C10H17N3O2S. The fourth-order valence-corrected chi connectivity index (χ4v) is 2.68. The summed E-state index contributed by atoms with van der Waals surface area (Å²) in [5.41, 5.74) is 8.31. The average Bonchev–Trinajstić information content (AvgIpc) is 2.58. The number of aromatic nitrogens is 1. The lowest BCUT2D eigenvalue weighted by atomic mass is 9.94. The lowest BCUT2D eigenvalue weighted by molar-refractivity contribution is 0.542. The lowest BCUT2D eigenvalue weighted by Crippen LogP contribution is -2.22. The Morgan fingerprint density at radius 3 is 2.94 bits per heavy atom. The smallest absolute Gasteiger partial charge is 0.210 e. The normalized spacial score (nSPS) is 20.8. The summed E-state index contributed by atoms with van der Waals surface area (Å²) in [6, 6.07) is 2.09. The first kappa shape index (κ1) is 11.6.